The summed E-state index contributed by atoms with van der Waals surface area (Å²) in [5, 5.41) is 11.9. The van der Waals surface area contributed by atoms with Crippen molar-refractivity contribution in [2.45, 2.75) is 76.8 Å². The number of nitrogens with zero attached hydrogens (tertiary/aromatic N) is 6. The lowest BCUT2D eigenvalue weighted by Gasteiger charge is -2.35. The van der Waals surface area contributed by atoms with Crippen LogP contribution in [-0.2, 0) is 22.6 Å². The predicted octanol–water partition coefficient (Wildman–Crippen LogP) is 9.59. The van der Waals surface area contributed by atoms with E-state index in [2.05, 4.69) is 31.8 Å². The fourth-order valence-electron chi connectivity index (χ4n) is 9.11. The van der Waals surface area contributed by atoms with Crippen LogP contribution in [0.25, 0.3) is 31.8 Å². The van der Waals surface area contributed by atoms with Crippen LogP contribution in [0.5, 0.6) is 23.1 Å². The molecular weight excluding hydrogens is 907 g/mol. The first-order valence-corrected chi connectivity index (χ1v) is 23.7. The van der Waals surface area contributed by atoms with Gasteiger partial charge in [0.2, 0.25) is 12.0 Å². The number of fused-ring (bicyclic) bond motifs is 7. The average Bonchev–Trinajstić information content (AvgIpc) is 3.71. The largest absolute Gasteiger partial charge is 0.490 e. The molecule has 3 aromatic carbocycles. The van der Waals surface area contributed by atoms with Crippen LogP contribution in [-0.4, -0.2) is 113 Å². The number of carbonyl (C=O) groups is 1. The van der Waals surface area contributed by atoms with Crippen molar-refractivity contribution in [1.82, 2.24) is 29.7 Å². The van der Waals surface area contributed by atoms with Crippen molar-refractivity contribution in [3.05, 3.63) is 105 Å². The molecule has 1 N–H and O–H groups in total. The van der Waals surface area contributed by atoms with Crippen LogP contribution in [0.4, 0.5) is 4.39 Å². The lowest BCUT2D eigenvalue weighted by Crippen LogP contribution is -2.49. The number of rotatable bonds is 9. The molecule has 1 aliphatic carbocycles. The molecule has 1 saturated carbocycles. The molecule has 17 heteroatoms. The quantitative estimate of drug-likeness (QED) is 0.147. The Morgan fingerprint density at radius 1 is 0.939 bits per heavy atom. The number of thiophene rings is 1. The molecule has 2 fully saturated rings. The molecule has 3 aliphatic heterocycles. The second kappa shape index (κ2) is 20.0. The van der Waals surface area contributed by atoms with Gasteiger partial charge < -0.3 is 33.7 Å². The van der Waals surface area contributed by atoms with Crippen molar-refractivity contribution >= 4 is 50.7 Å². The van der Waals surface area contributed by atoms with Gasteiger partial charge in [-0.05, 0) is 105 Å². The number of methoxy groups -OCH3 is 1. The molecule has 10 rings (SSSR count). The lowest BCUT2D eigenvalue weighted by molar-refractivity contribution is -0.145. The zero-order valence-electron chi connectivity index (χ0n) is 37.2. The highest BCUT2D eigenvalue weighted by atomic mass is 35.5. The molecule has 6 heterocycles. The Balaban J connectivity index is 1.14. The van der Waals surface area contributed by atoms with Crippen molar-refractivity contribution in [3.63, 3.8) is 0 Å². The molecule has 346 valence electrons. The number of piperazine rings is 1. The van der Waals surface area contributed by atoms with Crippen LogP contribution < -0.4 is 18.9 Å². The Hall–Kier alpha value is -5.16. The SMILES string of the molecule is CO[C@H]1CC[C@H](c2nccc(COc3ccc4cc3C[C@H](C(=O)O)Oc3ncnc5sc(-c6ccc(F)cc6)c(c35)-c3c(C)c(Cl)c(c(Cl)c3C)O[C@H](CN3CCN(C)CC3)CO4)n2)CC1. The van der Waals surface area contributed by atoms with Gasteiger partial charge in [0, 0.05) is 74.4 Å². The minimum Gasteiger partial charge on any atom is -0.490 e. The first-order valence-electron chi connectivity index (χ1n) is 22.2. The summed E-state index contributed by atoms with van der Waals surface area (Å²) in [6.45, 7) is 8.03. The minimum atomic E-state index is -1.45. The number of aromatic nitrogens is 4. The molecule has 6 aromatic rings. The summed E-state index contributed by atoms with van der Waals surface area (Å²) in [5.41, 5.74) is 4.53. The third-order valence-electron chi connectivity index (χ3n) is 12.8. The number of ether oxygens (including phenoxy) is 5. The van der Waals surface area contributed by atoms with Crippen LogP contribution in [0.15, 0.2) is 61.1 Å². The van der Waals surface area contributed by atoms with E-state index in [-0.39, 0.29) is 37.5 Å². The number of carboxylic acids is 1. The molecule has 4 aliphatic rings. The maximum absolute atomic E-state index is 14.4. The van der Waals surface area contributed by atoms with Crippen molar-refractivity contribution in [3.8, 4) is 44.7 Å². The van der Waals surface area contributed by atoms with Crippen LogP contribution in [0.3, 0.4) is 0 Å². The second-order valence-electron chi connectivity index (χ2n) is 17.2. The van der Waals surface area contributed by atoms with Crippen LogP contribution in [0.1, 0.15) is 59.8 Å². The average molecular weight is 958 g/mol. The molecule has 0 amide bonds. The highest BCUT2D eigenvalue weighted by Gasteiger charge is 2.32. The van der Waals surface area contributed by atoms with Gasteiger partial charge in [-0.1, -0.05) is 35.3 Å². The van der Waals surface area contributed by atoms with Gasteiger partial charge >= 0.3 is 5.97 Å². The minimum absolute atomic E-state index is 0.0397. The predicted molar refractivity (Wildman–Crippen MR) is 252 cm³/mol. The zero-order chi connectivity index (χ0) is 46.1. The second-order valence-corrected chi connectivity index (χ2v) is 19.0. The van der Waals surface area contributed by atoms with Crippen molar-refractivity contribution in [1.29, 1.82) is 0 Å². The maximum atomic E-state index is 14.4. The number of halogens is 3. The molecule has 13 nitrogen and oxygen atoms in total. The number of likely N-dealkylation sites (N-methyl/N-ethyl adjacent to an activating group) is 1. The van der Waals surface area contributed by atoms with Gasteiger partial charge in [-0.3, -0.25) is 4.90 Å². The third kappa shape index (κ3) is 9.78. The number of aliphatic carboxylic acids is 1. The third-order valence-corrected chi connectivity index (χ3v) is 14.9. The van der Waals surface area contributed by atoms with Crippen LogP contribution >= 0.6 is 34.5 Å². The molecule has 3 aromatic heterocycles. The zero-order valence-corrected chi connectivity index (χ0v) is 39.5. The molecule has 4 bridgehead atoms. The highest BCUT2D eigenvalue weighted by Crippen LogP contribution is 2.53. The molecule has 0 spiro atoms. The van der Waals surface area contributed by atoms with Gasteiger partial charge in [0.25, 0.3) is 0 Å². The first-order chi connectivity index (χ1) is 31.9. The van der Waals surface area contributed by atoms with E-state index in [1.54, 1.807) is 43.6 Å². The van der Waals surface area contributed by atoms with Crippen LogP contribution in [0.2, 0.25) is 10.0 Å². The summed E-state index contributed by atoms with van der Waals surface area (Å²) < 4.78 is 46.3. The molecule has 0 radical (unpaired) electrons. The Morgan fingerprint density at radius 2 is 1.68 bits per heavy atom. The number of benzene rings is 3. The highest BCUT2D eigenvalue weighted by molar-refractivity contribution is 7.22. The van der Waals surface area contributed by atoms with Crippen molar-refractivity contribution in [2.75, 3.05) is 53.5 Å². The summed E-state index contributed by atoms with van der Waals surface area (Å²) in [6, 6.07) is 13.3. The van der Waals surface area contributed by atoms with E-state index < -0.39 is 24.0 Å². The van der Waals surface area contributed by atoms with Crippen molar-refractivity contribution < 1.29 is 38.0 Å². The molecule has 1 saturated heterocycles. The fraction of sp³-hybridized carbons (Fsp3) is 0.408. The van der Waals surface area contributed by atoms with Gasteiger partial charge in [-0.15, -0.1) is 11.3 Å². The summed E-state index contributed by atoms with van der Waals surface area (Å²) >= 11 is 16.0. The lowest BCUT2D eigenvalue weighted by atomic mass is 9.87. The fourth-order valence-corrected chi connectivity index (χ4v) is 10.8. The number of hydrogen-bond donors (Lipinski definition) is 1. The molecular formula is C49H51Cl2FN6O7S. The standard InChI is InChI=1S/C49H51Cl2FN6O7S/c1-27-39-28(2)43(51)44(42(27)50)64-36(23-58-19-17-57(3)18-20-58)25-62-35-13-14-37(63-24-33-15-16-53-46(56-33)30-7-11-34(61-4)12-8-30)31(21-35)22-38(49(59)60)65-47-41-40(39)45(66-48(41)55-26-54-47)29-5-9-32(52)10-6-29/h5-6,9-10,13-16,21,26,30,34,36,38H,7-8,11-12,17-20,22-25H2,1-4H3,(H,59,60)/t30-,34-,36-,38-/m1/s1. The summed E-state index contributed by atoms with van der Waals surface area (Å²) in [7, 11) is 3.86. The van der Waals surface area contributed by atoms with Gasteiger partial charge in [0.05, 0.1) is 27.2 Å². The van der Waals surface area contributed by atoms with Crippen molar-refractivity contribution in [2.24, 2.45) is 0 Å². The Bertz CT molecular complexity index is 2700. The Morgan fingerprint density at radius 3 is 2.39 bits per heavy atom. The summed E-state index contributed by atoms with van der Waals surface area (Å²) in [5.74, 6) is 0.668. The van der Waals surface area contributed by atoms with E-state index in [1.165, 1.54) is 29.8 Å². The number of hydrogen-bond acceptors (Lipinski definition) is 13. The van der Waals surface area contributed by atoms with Gasteiger partial charge in [0.15, 0.2) is 5.75 Å². The van der Waals surface area contributed by atoms with Gasteiger partial charge in [-0.25, -0.2) is 29.1 Å². The van der Waals surface area contributed by atoms with E-state index in [0.29, 0.717) is 88.0 Å². The molecule has 66 heavy (non-hydrogen) atoms. The normalized spacial score (nSPS) is 20.6. The number of carboxylic acid groups (broad SMARTS) is 1. The monoisotopic (exact) mass is 956 g/mol. The molecule has 0 unspecified atom stereocenters. The Labute approximate surface area is 396 Å². The van der Waals surface area contributed by atoms with Crippen LogP contribution in [0, 0.1) is 19.7 Å². The van der Waals surface area contributed by atoms with E-state index in [1.807, 2.05) is 19.9 Å². The molecule has 2 atom stereocenters. The maximum Gasteiger partial charge on any atom is 0.345 e. The Kier molecular flexibility index (Phi) is 13.9. The summed E-state index contributed by atoms with van der Waals surface area (Å²) in [6.07, 6.45) is 5.05. The van der Waals surface area contributed by atoms with E-state index in [9.17, 15) is 14.3 Å². The van der Waals surface area contributed by atoms with E-state index in [4.69, 9.17) is 51.9 Å². The van der Waals surface area contributed by atoms with E-state index >= 15 is 0 Å². The topological polar surface area (TPSA) is 141 Å². The van der Waals surface area contributed by atoms with E-state index in [0.717, 1.165) is 57.7 Å². The summed E-state index contributed by atoms with van der Waals surface area (Å²) in [4.78, 5) is 37.9. The first kappa shape index (κ1) is 46.0. The smallest absolute Gasteiger partial charge is 0.345 e. The van der Waals surface area contributed by atoms with Gasteiger partial charge in [-0.2, -0.15) is 0 Å². The van der Waals surface area contributed by atoms with Gasteiger partial charge in [0.1, 0.15) is 53.6 Å².